The van der Waals surface area contributed by atoms with Gasteiger partial charge in [0.25, 0.3) is 0 Å². The van der Waals surface area contributed by atoms with Gasteiger partial charge in [0, 0.05) is 6.04 Å². The Balaban J connectivity index is 1.97. The molecule has 0 bridgehead atoms. The van der Waals surface area contributed by atoms with E-state index in [4.69, 9.17) is 4.74 Å². The van der Waals surface area contributed by atoms with Crippen LogP contribution in [0.2, 0.25) is 0 Å². The first-order valence-electron chi connectivity index (χ1n) is 8.39. The molecule has 0 spiro atoms. The lowest BCUT2D eigenvalue weighted by Crippen LogP contribution is -2.34. The molecule has 0 aromatic heterocycles. The molecule has 0 heterocycles. The fraction of sp³-hybridized carbons (Fsp3) is 0.684. The average Bonchev–Trinajstić information content (AvgIpc) is 2.37. The van der Waals surface area contributed by atoms with Crippen LogP contribution in [0.25, 0.3) is 0 Å². The third kappa shape index (κ3) is 4.74. The van der Waals surface area contributed by atoms with Crippen LogP contribution in [0.3, 0.4) is 0 Å². The second-order valence-electron chi connectivity index (χ2n) is 7.50. The summed E-state index contributed by atoms with van der Waals surface area (Å²) in [5, 5.41) is 3.44. The maximum absolute atomic E-state index is 6.24. The summed E-state index contributed by atoms with van der Waals surface area (Å²) in [6.07, 6.45) is 4.01. The highest BCUT2D eigenvalue weighted by Crippen LogP contribution is 2.40. The van der Waals surface area contributed by atoms with Crippen molar-refractivity contribution in [2.45, 2.75) is 66.0 Å². The van der Waals surface area contributed by atoms with Gasteiger partial charge in [-0.15, -0.1) is 0 Å². The lowest BCUT2D eigenvalue weighted by atomic mass is 9.71. The second-order valence-corrected chi connectivity index (χ2v) is 7.50. The summed E-state index contributed by atoms with van der Waals surface area (Å²) in [6.45, 7) is 12.4. The van der Waals surface area contributed by atoms with Crippen molar-refractivity contribution in [3.05, 3.63) is 29.8 Å². The zero-order chi connectivity index (χ0) is 15.5. The lowest BCUT2D eigenvalue weighted by molar-refractivity contribution is 0.0562. The van der Waals surface area contributed by atoms with E-state index in [-0.39, 0.29) is 0 Å². The van der Waals surface area contributed by atoms with Gasteiger partial charge in [0.15, 0.2) is 0 Å². The summed E-state index contributed by atoms with van der Waals surface area (Å²) in [5.74, 6) is 1.77. The number of nitrogens with one attached hydrogen (secondary N) is 1. The van der Waals surface area contributed by atoms with E-state index in [0.717, 1.165) is 24.6 Å². The Hall–Kier alpha value is -1.02. The molecule has 1 aromatic rings. The quantitative estimate of drug-likeness (QED) is 0.828. The molecule has 3 unspecified atom stereocenters. The predicted molar refractivity (Wildman–Crippen MR) is 89.7 cm³/mol. The highest BCUT2D eigenvalue weighted by molar-refractivity contribution is 5.29. The van der Waals surface area contributed by atoms with Crippen molar-refractivity contribution in [2.75, 3.05) is 6.54 Å². The molecule has 3 atom stereocenters. The Labute approximate surface area is 130 Å². The Morgan fingerprint density at radius 2 is 1.90 bits per heavy atom. The summed E-state index contributed by atoms with van der Waals surface area (Å²) >= 11 is 0. The van der Waals surface area contributed by atoms with Crippen LogP contribution < -0.4 is 10.1 Å². The molecule has 2 nitrogen and oxygen atoms in total. The van der Waals surface area contributed by atoms with Crippen LogP contribution >= 0.6 is 0 Å². The topological polar surface area (TPSA) is 21.3 Å². The van der Waals surface area contributed by atoms with Gasteiger partial charge < -0.3 is 10.1 Å². The number of benzene rings is 1. The third-order valence-electron chi connectivity index (χ3n) is 4.54. The van der Waals surface area contributed by atoms with Crippen molar-refractivity contribution in [3.8, 4) is 5.75 Å². The van der Waals surface area contributed by atoms with Crippen molar-refractivity contribution in [1.29, 1.82) is 0 Å². The van der Waals surface area contributed by atoms with E-state index in [9.17, 15) is 0 Å². The zero-order valence-corrected chi connectivity index (χ0v) is 14.3. The fourth-order valence-corrected chi connectivity index (χ4v) is 3.80. The first kappa shape index (κ1) is 16.4. The van der Waals surface area contributed by atoms with Gasteiger partial charge in [0.05, 0.1) is 6.10 Å². The van der Waals surface area contributed by atoms with Crippen LogP contribution in [0.4, 0.5) is 0 Å². The molecule has 118 valence electrons. The molecule has 0 aliphatic heterocycles. The molecule has 1 fully saturated rings. The van der Waals surface area contributed by atoms with Gasteiger partial charge in [-0.1, -0.05) is 39.8 Å². The molecule has 1 aliphatic rings. The van der Waals surface area contributed by atoms with Gasteiger partial charge in [-0.05, 0) is 61.8 Å². The largest absolute Gasteiger partial charge is 0.490 e. The van der Waals surface area contributed by atoms with E-state index in [2.05, 4.69) is 64.2 Å². The van der Waals surface area contributed by atoms with Crippen molar-refractivity contribution >= 4 is 0 Å². The van der Waals surface area contributed by atoms with Crippen LogP contribution in [0.1, 0.15) is 65.5 Å². The average molecular weight is 289 g/mol. The lowest BCUT2D eigenvalue weighted by Gasteiger charge is -2.38. The molecule has 1 aliphatic carbocycles. The standard InChI is InChI=1S/C19H31NO/c1-6-20-15(3)16-7-9-17(10-8-16)21-18-11-14(2)12-19(4,5)13-18/h7-10,14-15,18,20H,6,11-13H2,1-5H3. The SMILES string of the molecule is CCNC(C)c1ccc(OC2CC(C)CC(C)(C)C2)cc1. The monoisotopic (exact) mass is 289 g/mol. The second kappa shape index (κ2) is 6.83. The molecule has 1 N–H and O–H groups in total. The maximum Gasteiger partial charge on any atom is 0.119 e. The smallest absolute Gasteiger partial charge is 0.119 e. The van der Waals surface area contributed by atoms with Gasteiger partial charge in [-0.2, -0.15) is 0 Å². The molecule has 2 heteroatoms. The number of ether oxygens (including phenoxy) is 1. The van der Waals surface area contributed by atoms with Crippen molar-refractivity contribution < 1.29 is 4.74 Å². The highest BCUT2D eigenvalue weighted by atomic mass is 16.5. The van der Waals surface area contributed by atoms with Gasteiger partial charge in [0.1, 0.15) is 5.75 Å². The first-order chi connectivity index (χ1) is 9.89. The number of hydrogen-bond acceptors (Lipinski definition) is 2. The Kier molecular flexibility index (Phi) is 5.32. The van der Waals surface area contributed by atoms with Crippen LogP contribution in [0, 0.1) is 11.3 Å². The maximum atomic E-state index is 6.24. The summed E-state index contributed by atoms with van der Waals surface area (Å²) in [4.78, 5) is 0. The van der Waals surface area contributed by atoms with E-state index in [0.29, 0.717) is 17.6 Å². The number of rotatable bonds is 5. The molecule has 0 radical (unpaired) electrons. The Morgan fingerprint density at radius 1 is 1.24 bits per heavy atom. The number of hydrogen-bond donors (Lipinski definition) is 1. The fourth-order valence-electron chi connectivity index (χ4n) is 3.80. The van der Waals surface area contributed by atoms with E-state index in [1.807, 2.05) is 0 Å². The Morgan fingerprint density at radius 3 is 2.48 bits per heavy atom. The molecule has 2 rings (SSSR count). The van der Waals surface area contributed by atoms with Gasteiger partial charge in [-0.3, -0.25) is 0 Å². The zero-order valence-electron chi connectivity index (χ0n) is 14.3. The summed E-state index contributed by atoms with van der Waals surface area (Å²) in [5.41, 5.74) is 1.73. The molecule has 1 aromatic carbocycles. The molecular formula is C19H31NO. The van der Waals surface area contributed by atoms with Crippen LogP contribution in [0.15, 0.2) is 24.3 Å². The van der Waals surface area contributed by atoms with Gasteiger partial charge in [0.2, 0.25) is 0 Å². The molecule has 0 saturated heterocycles. The van der Waals surface area contributed by atoms with Crippen LogP contribution in [0.5, 0.6) is 5.75 Å². The molecule has 0 amide bonds. The summed E-state index contributed by atoms with van der Waals surface area (Å²) < 4.78 is 6.24. The van der Waals surface area contributed by atoms with Crippen LogP contribution in [-0.4, -0.2) is 12.6 Å². The third-order valence-corrected chi connectivity index (χ3v) is 4.54. The highest BCUT2D eigenvalue weighted by Gasteiger charge is 2.33. The van der Waals surface area contributed by atoms with Crippen LogP contribution in [-0.2, 0) is 0 Å². The van der Waals surface area contributed by atoms with Crippen molar-refractivity contribution in [2.24, 2.45) is 11.3 Å². The normalized spacial score (nSPS) is 26.3. The van der Waals surface area contributed by atoms with E-state index < -0.39 is 0 Å². The van der Waals surface area contributed by atoms with Crippen molar-refractivity contribution in [3.63, 3.8) is 0 Å². The molecular weight excluding hydrogens is 258 g/mol. The minimum Gasteiger partial charge on any atom is -0.490 e. The molecule has 1 saturated carbocycles. The predicted octanol–water partition coefficient (Wildman–Crippen LogP) is 4.95. The van der Waals surface area contributed by atoms with E-state index >= 15 is 0 Å². The first-order valence-corrected chi connectivity index (χ1v) is 8.39. The van der Waals surface area contributed by atoms with Gasteiger partial charge in [-0.25, -0.2) is 0 Å². The van der Waals surface area contributed by atoms with Crippen molar-refractivity contribution in [1.82, 2.24) is 5.32 Å². The Bertz CT molecular complexity index is 437. The van der Waals surface area contributed by atoms with E-state index in [1.165, 1.54) is 18.4 Å². The summed E-state index contributed by atoms with van der Waals surface area (Å²) in [6, 6.07) is 9.00. The molecule has 21 heavy (non-hydrogen) atoms. The summed E-state index contributed by atoms with van der Waals surface area (Å²) in [7, 11) is 0. The van der Waals surface area contributed by atoms with Gasteiger partial charge >= 0.3 is 0 Å². The van der Waals surface area contributed by atoms with E-state index in [1.54, 1.807) is 0 Å². The minimum atomic E-state index is 0.362. The minimum absolute atomic E-state index is 0.362.